The van der Waals surface area contributed by atoms with Gasteiger partial charge in [-0.25, -0.2) is 9.59 Å². The van der Waals surface area contributed by atoms with Crippen LogP contribution in [-0.4, -0.2) is 22.2 Å². The molecule has 5 heteroatoms. The molecule has 0 unspecified atom stereocenters. The number of carbonyl (C=O) groups is 2. The first-order chi connectivity index (χ1) is 17.4. The molecule has 4 nitrogen and oxygen atoms in total. The molecule has 0 amide bonds. The summed E-state index contributed by atoms with van der Waals surface area (Å²) in [5, 5.41) is 15.0. The predicted molar refractivity (Wildman–Crippen MR) is 140 cm³/mol. The number of carboxylic acid groups (broad SMARTS) is 2. The fourth-order valence-electron chi connectivity index (χ4n) is 4.00. The van der Waals surface area contributed by atoms with Crippen molar-refractivity contribution in [2.75, 3.05) is 0 Å². The van der Waals surface area contributed by atoms with Gasteiger partial charge in [-0.05, 0) is 12.8 Å². The van der Waals surface area contributed by atoms with Gasteiger partial charge in [-0.1, -0.05) is 70.8 Å². The van der Waals surface area contributed by atoms with Crippen LogP contribution < -0.4 is 0 Å². The Morgan fingerprint density at radius 2 is 0.946 bits per heavy atom. The van der Waals surface area contributed by atoms with Crippen molar-refractivity contribution >= 4 is 11.9 Å². The van der Waals surface area contributed by atoms with Crippen LogP contribution in [0.15, 0.2) is 84.9 Å². The van der Waals surface area contributed by atoms with Gasteiger partial charge in [-0.15, -0.1) is 24.0 Å². The van der Waals surface area contributed by atoms with Crippen molar-refractivity contribution in [2.45, 2.75) is 12.8 Å². The van der Waals surface area contributed by atoms with E-state index in [1.165, 1.54) is 56.3 Å². The van der Waals surface area contributed by atoms with Crippen LogP contribution >= 0.6 is 0 Å². The summed E-state index contributed by atoms with van der Waals surface area (Å²) in [6, 6.07) is 36.2. The summed E-state index contributed by atoms with van der Waals surface area (Å²) in [7, 11) is 0. The molecule has 2 N–H and O–H groups in total. The van der Waals surface area contributed by atoms with E-state index in [2.05, 4.69) is 97.8 Å². The molecule has 0 fully saturated rings. The molecule has 0 radical (unpaired) electrons. The van der Waals surface area contributed by atoms with Crippen LogP contribution in [0.4, 0.5) is 0 Å². The molecule has 6 rings (SSSR count). The molecular weight excluding hydrogens is 496 g/mol. The van der Waals surface area contributed by atoms with Crippen molar-refractivity contribution in [1.82, 2.24) is 0 Å². The number of aliphatic carboxylic acids is 2. The molecule has 0 atom stereocenters. The molecule has 178 valence electrons. The van der Waals surface area contributed by atoms with Crippen LogP contribution in [0, 0.1) is 36.8 Å². The zero-order valence-electron chi connectivity index (χ0n) is 19.9. The molecule has 0 aromatic heterocycles. The molecular formula is C32H22O4Ti. The van der Waals surface area contributed by atoms with Crippen molar-refractivity contribution in [1.29, 1.82) is 0 Å². The van der Waals surface area contributed by atoms with Gasteiger partial charge in [0.05, 0.1) is 0 Å². The first-order valence-electron chi connectivity index (χ1n) is 11.0. The number of carboxylic acids is 2. The third kappa shape index (κ3) is 7.82. The van der Waals surface area contributed by atoms with E-state index in [0.29, 0.717) is 0 Å². The van der Waals surface area contributed by atoms with Crippen molar-refractivity contribution in [3.63, 3.8) is 0 Å². The number of benzene rings is 4. The van der Waals surface area contributed by atoms with Crippen LogP contribution in [-0.2, 0) is 44.1 Å². The van der Waals surface area contributed by atoms with E-state index in [1.807, 2.05) is 12.1 Å². The fourth-order valence-corrected chi connectivity index (χ4v) is 4.00. The van der Waals surface area contributed by atoms with Crippen LogP contribution in [0.1, 0.15) is 22.3 Å². The van der Waals surface area contributed by atoms with E-state index in [4.69, 9.17) is 19.8 Å². The van der Waals surface area contributed by atoms with Crippen molar-refractivity contribution in [3.05, 3.63) is 119 Å². The molecule has 0 saturated carbocycles. The average molecular weight is 518 g/mol. The smallest absolute Gasteiger partial charge is 0.472 e. The Bertz CT molecular complexity index is 1270. The first-order valence-corrected chi connectivity index (χ1v) is 11.0. The molecule has 4 aromatic rings. The summed E-state index contributed by atoms with van der Waals surface area (Å²) in [6.07, 6.45) is 10.7. The van der Waals surface area contributed by atoms with Crippen LogP contribution in [0.25, 0.3) is 22.3 Å². The maximum atomic E-state index is 9.13. The van der Waals surface area contributed by atoms with Gasteiger partial charge in [0, 0.05) is 11.8 Å². The number of fused-ring (bicyclic) bond motifs is 6. The first kappa shape index (κ1) is 28.9. The molecule has 0 bridgehead atoms. The molecule has 2 aliphatic rings. The minimum atomic E-state index is -1.22. The maximum Gasteiger partial charge on any atom is 2.00 e. The SMILES string of the molecule is C#CC(=O)O.C#CC(=O)O.[Ti+2].[c-]1cccc2c1Cc1ccccc1-2.[c-]1cccc2c1Cc1ccccc1-2. The number of hydrogen-bond acceptors (Lipinski definition) is 2. The van der Waals surface area contributed by atoms with Gasteiger partial charge in [0.25, 0.3) is 0 Å². The number of terminal acetylenes is 2. The summed E-state index contributed by atoms with van der Waals surface area (Å²) in [4.78, 5) is 18.3. The molecule has 0 heterocycles. The topological polar surface area (TPSA) is 74.6 Å². The average Bonchev–Trinajstić information content (AvgIpc) is 3.48. The Labute approximate surface area is 231 Å². The Morgan fingerprint density at radius 3 is 1.30 bits per heavy atom. The predicted octanol–water partition coefficient (Wildman–Crippen LogP) is 5.52. The minimum absolute atomic E-state index is 0. The number of hydrogen-bond donors (Lipinski definition) is 2. The van der Waals surface area contributed by atoms with E-state index < -0.39 is 11.9 Å². The summed E-state index contributed by atoms with van der Waals surface area (Å²) in [5.74, 6) is 0.454. The third-order valence-electron chi connectivity index (χ3n) is 5.48. The third-order valence-corrected chi connectivity index (χ3v) is 5.48. The zero-order valence-corrected chi connectivity index (χ0v) is 21.4. The van der Waals surface area contributed by atoms with Gasteiger partial charge >= 0.3 is 33.7 Å². The van der Waals surface area contributed by atoms with Gasteiger partial charge in [-0.2, -0.15) is 59.7 Å². The zero-order chi connectivity index (χ0) is 25.9. The Balaban J connectivity index is 0.000000190. The van der Waals surface area contributed by atoms with Crippen molar-refractivity contribution in [3.8, 4) is 46.9 Å². The Hall–Kier alpha value is -4.35. The molecule has 0 aliphatic heterocycles. The van der Waals surface area contributed by atoms with Gasteiger partial charge in [0.1, 0.15) is 0 Å². The standard InChI is InChI=1S/2C13H9.2C3H2O2.Ti/c2*1-3-7-12-10(5-1)9-11-6-2-4-8-13(11)12;2*1-2-3(4)5;/h2*1-5,7-8H,9H2;2*1H,(H,4,5);/q2*-1;;;+2. The monoisotopic (exact) mass is 518 g/mol. The second-order valence-electron chi connectivity index (χ2n) is 7.69. The summed E-state index contributed by atoms with van der Waals surface area (Å²) in [6.45, 7) is 0. The van der Waals surface area contributed by atoms with E-state index in [0.717, 1.165) is 12.8 Å². The Kier molecular flexibility index (Phi) is 11.1. The quantitative estimate of drug-likeness (QED) is 0.158. The van der Waals surface area contributed by atoms with E-state index >= 15 is 0 Å². The van der Waals surface area contributed by atoms with Gasteiger partial charge < -0.3 is 10.2 Å². The second kappa shape index (κ2) is 14.3. The van der Waals surface area contributed by atoms with E-state index in [9.17, 15) is 0 Å². The van der Waals surface area contributed by atoms with Crippen molar-refractivity contribution < 1.29 is 41.5 Å². The van der Waals surface area contributed by atoms with Gasteiger partial charge in [0.15, 0.2) is 0 Å². The largest absolute Gasteiger partial charge is 2.00 e. The normalized spacial score (nSPS) is 10.1. The fraction of sp³-hybridized carbons (Fsp3) is 0.0625. The minimum Gasteiger partial charge on any atom is -0.472 e. The van der Waals surface area contributed by atoms with E-state index in [1.54, 1.807) is 0 Å². The van der Waals surface area contributed by atoms with Crippen LogP contribution in [0.3, 0.4) is 0 Å². The molecule has 4 aromatic carbocycles. The molecule has 37 heavy (non-hydrogen) atoms. The summed E-state index contributed by atoms with van der Waals surface area (Å²) in [5.41, 5.74) is 11.0. The van der Waals surface area contributed by atoms with Crippen LogP contribution in [0.5, 0.6) is 0 Å². The number of rotatable bonds is 0. The maximum absolute atomic E-state index is 9.13. The van der Waals surface area contributed by atoms with Crippen molar-refractivity contribution in [2.24, 2.45) is 0 Å². The summed E-state index contributed by atoms with van der Waals surface area (Å²) >= 11 is 0. The second-order valence-corrected chi connectivity index (χ2v) is 7.69. The Morgan fingerprint density at radius 1 is 0.622 bits per heavy atom. The van der Waals surface area contributed by atoms with Crippen LogP contribution in [0.2, 0.25) is 0 Å². The van der Waals surface area contributed by atoms with Gasteiger partial charge in [0.2, 0.25) is 0 Å². The van der Waals surface area contributed by atoms with Gasteiger partial charge in [-0.3, -0.25) is 0 Å². The molecule has 2 aliphatic carbocycles. The summed E-state index contributed by atoms with van der Waals surface area (Å²) < 4.78 is 0. The molecule has 0 saturated heterocycles. The molecule has 0 spiro atoms. The van der Waals surface area contributed by atoms with E-state index in [-0.39, 0.29) is 21.7 Å².